The highest BCUT2D eigenvalue weighted by molar-refractivity contribution is 6.67. The number of ether oxygens (including phenoxy) is 5. The number of halogens is 4. The number of pyridine rings is 1. The summed E-state index contributed by atoms with van der Waals surface area (Å²) in [4.78, 5) is 70.3. The van der Waals surface area contributed by atoms with Crippen molar-refractivity contribution in [3.8, 4) is 0 Å². The summed E-state index contributed by atoms with van der Waals surface area (Å²) in [7, 11) is 0. The molecule has 15 nitrogen and oxygen atoms in total. The molecule has 2 saturated heterocycles. The van der Waals surface area contributed by atoms with Gasteiger partial charge in [-0.2, -0.15) is 0 Å². The van der Waals surface area contributed by atoms with Crippen LogP contribution in [0.3, 0.4) is 0 Å². The quantitative estimate of drug-likeness (QED) is 0.141. The van der Waals surface area contributed by atoms with Crippen LogP contribution in [0.4, 0.5) is 9.18 Å². The summed E-state index contributed by atoms with van der Waals surface area (Å²) in [6, 6.07) is 6.46. The Morgan fingerprint density at radius 1 is 1.05 bits per heavy atom. The third-order valence-electron chi connectivity index (χ3n) is 8.73. The summed E-state index contributed by atoms with van der Waals surface area (Å²) >= 11 is 17.0. The molecule has 0 saturated carbocycles. The van der Waals surface area contributed by atoms with E-state index >= 15 is 4.39 Å². The van der Waals surface area contributed by atoms with E-state index in [1.807, 2.05) is 12.1 Å². The second kappa shape index (κ2) is 18.9. The fourth-order valence-corrected chi connectivity index (χ4v) is 5.99. The highest BCUT2D eigenvalue weighted by atomic mass is 35.6. The zero-order valence-electron chi connectivity index (χ0n) is 32.8. The number of esters is 2. The standard InChI is InChI=1S/C38H49Cl3FN5O10/c1-22(44-34(52)57-35(3,4)5)26-13-12-25-11-10-24(17-28(25)45-26)14-15-37(18-53-21-54-19-37)33(51)56-29(36(6,7)42)30(48)43-23(2)31(49)47-16-8-9-27(46-47)32(50)55-20-38(39,40)41/h10-15,17,22-23,27,29,46H,8-9,16,18-21H2,1-7H3,(H,43,48)(H,44,52)/t22-,23+,27+,29-/m1/s1. The summed E-state index contributed by atoms with van der Waals surface area (Å²) in [5.74, 6) is -3.47. The first-order chi connectivity index (χ1) is 26.5. The Bertz CT molecular complexity index is 1820. The molecule has 19 heteroatoms. The number of nitrogens with one attached hydrogen (secondary N) is 3. The third-order valence-corrected chi connectivity index (χ3v) is 9.06. The number of carbonyl (C=O) groups is 5. The van der Waals surface area contributed by atoms with E-state index < -0.39 is 81.2 Å². The number of aromatic nitrogens is 1. The smallest absolute Gasteiger partial charge is 0.408 e. The average Bonchev–Trinajstić information content (AvgIpc) is 3.13. The molecule has 3 N–H and O–H groups in total. The lowest BCUT2D eigenvalue weighted by Gasteiger charge is -2.36. The van der Waals surface area contributed by atoms with Gasteiger partial charge in [-0.25, -0.2) is 14.6 Å². The Kier molecular flexibility index (Phi) is 15.2. The number of amides is 3. The highest BCUT2D eigenvalue weighted by Gasteiger charge is 2.47. The molecule has 0 aliphatic carbocycles. The van der Waals surface area contributed by atoms with Gasteiger partial charge in [0.2, 0.25) is 9.90 Å². The van der Waals surface area contributed by atoms with Crippen LogP contribution in [0, 0.1) is 5.41 Å². The van der Waals surface area contributed by atoms with Crippen molar-refractivity contribution in [2.24, 2.45) is 5.41 Å². The van der Waals surface area contributed by atoms with Crippen molar-refractivity contribution in [3.63, 3.8) is 0 Å². The van der Waals surface area contributed by atoms with Crippen molar-refractivity contribution in [1.29, 1.82) is 0 Å². The molecule has 4 rings (SSSR count). The molecular weight excluding hydrogens is 812 g/mol. The lowest BCUT2D eigenvalue weighted by molar-refractivity contribution is -0.196. The van der Waals surface area contributed by atoms with Gasteiger partial charge in [0.1, 0.15) is 36.5 Å². The number of hydrogen-bond donors (Lipinski definition) is 3. The first-order valence-electron chi connectivity index (χ1n) is 18.2. The molecule has 3 amide bonds. The van der Waals surface area contributed by atoms with Crippen molar-refractivity contribution >= 4 is 81.6 Å². The van der Waals surface area contributed by atoms with Gasteiger partial charge in [0.15, 0.2) is 5.67 Å². The number of fused-ring (bicyclic) bond motifs is 1. The number of hydrogen-bond acceptors (Lipinski definition) is 12. The first-order valence-corrected chi connectivity index (χ1v) is 19.4. The van der Waals surface area contributed by atoms with Crippen LogP contribution in [0.15, 0.2) is 36.4 Å². The van der Waals surface area contributed by atoms with Crippen molar-refractivity contribution in [2.45, 2.75) is 101 Å². The molecular formula is C38H49Cl3FN5O10. The maximum atomic E-state index is 15.6. The normalized spacial score (nSPS) is 19.3. The summed E-state index contributed by atoms with van der Waals surface area (Å²) < 4.78 is 40.8. The molecule has 2 aromatic rings. The molecule has 3 heterocycles. The molecule has 0 spiro atoms. The second-order valence-electron chi connectivity index (χ2n) is 15.5. The Morgan fingerprint density at radius 3 is 2.35 bits per heavy atom. The van der Waals surface area contributed by atoms with E-state index in [2.05, 4.69) is 16.1 Å². The molecule has 57 heavy (non-hydrogen) atoms. The van der Waals surface area contributed by atoms with E-state index in [1.165, 1.54) is 13.0 Å². The van der Waals surface area contributed by atoms with Crippen LogP contribution in [0.2, 0.25) is 0 Å². The summed E-state index contributed by atoms with van der Waals surface area (Å²) in [5.41, 5.74) is -0.0673. The maximum absolute atomic E-state index is 15.6. The maximum Gasteiger partial charge on any atom is 0.408 e. The van der Waals surface area contributed by atoms with E-state index in [0.29, 0.717) is 29.6 Å². The number of carbonyl (C=O) groups excluding carboxylic acids is 5. The largest absolute Gasteiger partial charge is 0.460 e. The average molecular weight is 861 g/mol. The van der Waals surface area contributed by atoms with Crippen LogP contribution in [0.25, 0.3) is 17.0 Å². The van der Waals surface area contributed by atoms with E-state index in [4.69, 9.17) is 63.5 Å². The minimum Gasteiger partial charge on any atom is -0.460 e. The van der Waals surface area contributed by atoms with Gasteiger partial charge in [0, 0.05) is 11.9 Å². The lowest BCUT2D eigenvalue weighted by Crippen LogP contribution is -2.61. The van der Waals surface area contributed by atoms with Crippen LogP contribution >= 0.6 is 34.8 Å². The Labute approximate surface area is 345 Å². The van der Waals surface area contributed by atoms with Crippen LogP contribution in [-0.4, -0.2) is 106 Å². The van der Waals surface area contributed by atoms with Gasteiger partial charge in [-0.05, 0) is 79.0 Å². The fraction of sp³-hybridized carbons (Fsp3) is 0.579. The zero-order valence-corrected chi connectivity index (χ0v) is 35.1. The van der Waals surface area contributed by atoms with E-state index in [-0.39, 0.29) is 26.6 Å². The van der Waals surface area contributed by atoms with Crippen LogP contribution in [0.5, 0.6) is 0 Å². The van der Waals surface area contributed by atoms with Crippen molar-refractivity contribution < 1.29 is 52.0 Å². The van der Waals surface area contributed by atoms with Crippen molar-refractivity contribution in [3.05, 3.63) is 47.7 Å². The molecule has 2 aliphatic rings. The lowest BCUT2D eigenvalue weighted by atomic mass is 9.88. The molecule has 4 atom stereocenters. The molecule has 1 aromatic heterocycles. The molecule has 0 radical (unpaired) electrons. The molecule has 0 unspecified atom stereocenters. The first kappa shape index (κ1) is 45.9. The Balaban J connectivity index is 1.46. The second-order valence-corrected chi connectivity index (χ2v) is 18.0. The molecule has 2 aliphatic heterocycles. The zero-order chi connectivity index (χ0) is 42.3. The number of rotatable bonds is 12. The third kappa shape index (κ3) is 13.4. The molecule has 1 aromatic carbocycles. The topological polar surface area (TPSA) is 184 Å². The highest BCUT2D eigenvalue weighted by Crippen LogP contribution is 2.31. The number of alkyl carbamates (subject to hydrolysis) is 1. The number of hydrazine groups is 1. The minimum atomic E-state index is -2.40. The van der Waals surface area contributed by atoms with Crippen molar-refractivity contribution in [1.82, 2.24) is 26.1 Å². The van der Waals surface area contributed by atoms with Crippen LogP contribution < -0.4 is 16.1 Å². The van der Waals surface area contributed by atoms with Crippen LogP contribution in [-0.2, 0) is 42.9 Å². The summed E-state index contributed by atoms with van der Waals surface area (Å²) in [6.07, 6.45) is 1.31. The Hall–Kier alpha value is -3.80. The van der Waals surface area contributed by atoms with E-state index in [0.717, 1.165) is 24.2 Å². The molecule has 0 bridgehead atoms. The molecule has 314 valence electrons. The summed E-state index contributed by atoms with van der Waals surface area (Å²) in [5, 5.41) is 7.16. The number of benzene rings is 1. The van der Waals surface area contributed by atoms with Gasteiger partial charge in [-0.1, -0.05) is 65.2 Å². The number of nitrogens with zero attached hydrogens (tertiary/aromatic N) is 2. The molecule has 2 fully saturated rings. The van der Waals surface area contributed by atoms with Gasteiger partial charge in [-0.3, -0.25) is 29.2 Å². The van der Waals surface area contributed by atoms with Crippen molar-refractivity contribution in [2.75, 3.05) is 33.2 Å². The monoisotopic (exact) mass is 859 g/mol. The number of alkyl halides is 4. The van der Waals surface area contributed by atoms with Gasteiger partial charge in [0.05, 0.1) is 30.5 Å². The fourth-order valence-electron chi connectivity index (χ4n) is 5.82. The van der Waals surface area contributed by atoms with Crippen LogP contribution in [0.1, 0.15) is 78.6 Å². The predicted octanol–water partition coefficient (Wildman–Crippen LogP) is 5.40. The SMILES string of the molecule is C[C@H](NC(=O)[C@@H](OC(=O)C1(C=Cc2ccc3ccc([C@@H](C)NC(=O)OC(C)(C)C)nc3c2)COCOC1)C(C)(C)F)C(=O)N1CCC[C@@H](C(=O)OCC(Cl)(Cl)Cl)N1. The van der Waals surface area contributed by atoms with E-state index in [9.17, 15) is 24.0 Å². The minimum absolute atomic E-state index is 0.102. The Morgan fingerprint density at radius 2 is 1.72 bits per heavy atom. The van der Waals surface area contributed by atoms with E-state index in [1.54, 1.807) is 52.0 Å². The van der Waals surface area contributed by atoms with Gasteiger partial charge >= 0.3 is 18.0 Å². The predicted molar refractivity (Wildman–Crippen MR) is 210 cm³/mol. The summed E-state index contributed by atoms with van der Waals surface area (Å²) in [6.45, 7) is 9.77. The van der Waals surface area contributed by atoms with Gasteiger partial charge < -0.3 is 34.3 Å². The van der Waals surface area contributed by atoms with Gasteiger partial charge in [0.25, 0.3) is 11.8 Å². The van der Waals surface area contributed by atoms with Gasteiger partial charge in [-0.15, -0.1) is 0 Å².